The third-order valence-corrected chi connectivity index (χ3v) is 3.91. The minimum atomic E-state index is -0.905. The van der Waals surface area contributed by atoms with Crippen LogP contribution in [-0.4, -0.2) is 38.6 Å². The van der Waals surface area contributed by atoms with Crippen molar-refractivity contribution in [3.8, 4) is 0 Å². The van der Waals surface area contributed by atoms with Gasteiger partial charge >= 0.3 is 5.69 Å². The van der Waals surface area contributed by atoms with Crippen LogP contribution in [0.2, 0.25) is 0 Å². The molecule has 0 radical (unpaired) electrons. The third-order valence-electron chi connectivity index (χ3n) is 3.91. The van der Waals surface area contributed by atoms with Gasteiger partial charge in [-0.3, -0.25) is 14.3 Å². The van der Waals surface area contributed by atoms with Gasteiger partial charge in [0, 0.05) is 12.6 Å². The van der Waals surface area contributed by atoms with E-state index in [-0.39, 0.29) is 13.0 Å². The van der Waals surface area contributed by atoms with Crippen LogP contribution in [0.1, 0.15) is 50.8 Å². The van der Waals surface area contributed by atoms with Gasteiger partial charge in [0.15, 0.2) is 6.23 Å². The van der Waals surface area contributed by atoms with Gasteiger partial charge in [0.05, 0.1) is 18.3 Å². The lowest BCUT2D eigenvalue weighted by atomic mass is 10.2. The highest BCUT2D eigenvalue weighted by atomic mass is 16.5. The first-order chi connectivity index (χ1) is 11.1. The van der Waals surface area contributed by atoms with E-state index in [0.29, 0.717) is 5.56 Å². The Kier molecular flexibility index (Phi) is 6.32. The number of unbranched alkanes of at least 4 members (excludes halogenated alkanes) is 3. The van der Waals surface area contributed by atoms with Crippen molar-refractivity contribution in [3.05, 3.63) is 38.7 Å². The maximum atomic E-state index is 12.0. The van der Waals surface area contributed by atoms with Gasteiger partial charge in [0.1, 0.15) is 6.10 Å². The van der Waals surface area contributed by atoms with E-state index in [1.165, 1.54) is 10.8 Å². The molecule has 1 aliphatic rings. The van der Waals surface area contributed by atoms with Gasteiger partial charge in [-0.15, -0.1) is 0 Å². The Hall–Kier alpha value is -1.70. The van der Waals surface area contributed by atoms with Crippen LogP contribution in [0.5, 0.6) is 0 Å². The number of H-pyrrole nitrogens is 1. The molecule has 1 aromatic rings. The summed E-state index contributed by atoms with van der Waals surface area (Å²) in [4.78, 5) is 26.1. The molecule has 0 aliphatic carbocycles. The number of nitrogens with zero attached hydrogens (tertiary/aromatic N) is 1. The second kappa shape index (κ2) is 8.24. The summed E-state index contributed by atoms with van der Waals surface area (Å²) in [5, 5.41) is 19.1. The molecule has 0 aromatic carbocycles. The van der Waals surface area contributed by atoms with Crippen molar-refractivity contribution in [1.29, 1.82) is 0 Å². The molecular formula is C16H24N2O5. The van der Waals surface area contributed by atoms with Crippen molar-refractivity contribution >= 4 is 6.08 Å². The molecular weight excluding hydrogens is 300 g/mol. The number of ether oxygens (including phenoxy) is 1. The molecule has 128 valence electrons. The van der Waals surface area contributed by atoms with Crippen LogP contribution in [0.4, 0.5) is 0 Å². The van der Waals surface area contributed by atoms with E-state index >= 15 is 0 Å². The van der Waals surface area contributed by atoms with Crippen LogP contribution in [0, 0.1) is 0 Å². The van der Waals surface area contributed by atoms with Crippen LogP contribution < -0.4 is 11.2 Å². The Balaban J connectivity index is 2.20. The molecule has 2 heterocycles. The lowest BCUT2D eigenvalue weighted by Gasteiger charge is -2.17. The van der Waals surface area contributed by atoms with Gasteiger partial charge < -0.3 is 14.9 Å². The molecule has 7 nitrogen and oxygen atoms in total. The number of aliphatic hydroxyl groups is 2. The normalized spacial score (nSPS) is 24.6. The van der Waals surface area contributed by atoms with E-state index in [2.05, 4.69) is 11.9 Å². The zero-order chi connectivity index (χ0) is 16.8. The average Bonchev–Trinajstić information content (AvgIpc) is 2.90. The highest BCUT2D eigenvalue weighted by Gasteiger charge is 2.35. The van der Waals surface area contributed by atoms with Crippen molar-refractivity contribution in [3.63, 3.8) is 0 Å². The summed E-state index contributed by atoms with van der Waals surface area (Å²) in [7, 11) is 0. The molecule has 1 saturated heterocycles. The monoisotopic (exact) mass is 324 g/mol. The van der Waals surface area contributed by atoms with Gasteiger partial charge in [-0.2, -0.15) is 0 Å². The van der Waals surface area contributed by atoms with E-state index < -0.39 is 29.7 Å². The molecule has 23 heavy (non-hydrogen) atoms. The number of hydrogen-bond donors (Lipinski definition) is 3. The summed E-state index contributed by atoms with van der Waals surface area (Å²) < 4.78 is 6.63. The number of allylic oxidation sites excluding steroid dienone is 1. The second-order valence-corrected chi connectivity index (χ2v) is 5.78. The van der Waals surface area contributed by atoms with Gasteiger partial charge in [-0.25, -0.2) is 4.79 Å². The third kappa shape index (κ3) is 4.40. The Labute approximate surface area is 134 Å². The highest BCUT2D eigenvalue weighted by Crippen LogP contribution is 2.27. The average molecular weight is 324 g/mol. The minimum absolute atomic E-state index is 0.226. The number of hydrogen-bond acceptors (Lipinski definition) is 5. The predicted octanol–water partition coefficient (Wildman–Crippen LogP) is 0.771. The van der Waals surface area contributed by atoms with Crippen molar-refractivity contribution in [2.75, 3.05) is 6.61 Å². The number of aromatic nitrogens is 2. The Morgan fingerprint density at radius 1 is 1.43 bits per heavy atom. The minimum Gasteiger partial charge on any atom is -0.394 e. The fraction of sp³-hybridized carbons (Fsp3) is 0.625. The molecule has 1 aliphatic heterocycles. The predicted molar refractivity (Wildman–Crippen MR) is 86.1 cm³/mol. The second-order valence-electron chi connectivity index (χ2n) is 5.78. The Morgan fingerprint density at radius 3 is 2.87 bits per heavy atom. The van der Waals surface area contributed by atoms with Crippen LogP contribution in [0.15, 0.2) is 21.9 Å². The van der Waals surface area contributed by atoms with E-state index in [1.54, 1.807) is 6.08 Å². The molecule has 1 aromatic heterocycles. The van der Waals surface area contributed by atoms with Gasteiger partial charge in [0.2, 0.25) is 0 Å². The van der Waals surface area contributed by atoms with Crippen molar-refractivity contribution in [2.45, 2.75) is 57.5 Å². The van der Waals surface area contributed by atoms with E-state index in [0.717, 1.165) is 25.7 Å². The maximum Gasteiger partial charge on any atom is 0.330 e. The number of nitrogens with one attached hydrogen (secondary N) is 1. The molecule has 0 saturated carbocycles. The molecule has 3 N–H and O–H groups in total. The molecule has 3 unspecified atom stereocenters. The maximum absolute atomic E-state index is 12.0. The first-order valence-electron chi connectivity index (χ1n) is 8.03. The lowest BCUT2D eigenvalue weighted by molar-refractivity contribution is -0.0530. The molecule has 3 atom stereocenters. The molecule has 7 heteroatoms. The summed E-state index contributed by atoms with van der Waals surface area (Å²) in [5.41, 5.74) is -0.769. The molecule has 0 spiro atoms. The van der Waals surface area contributed by atoms with Crippen LogP contribution in [0.3, 0.4) is 0 Å². The molecule has 1 fully saturated rings. The zero-order valence-electron chi connectivity index (χ0n) is 13.3. The molecule has 0 bridgehead atoms. The van der Waals surface area contributed by atoms with Crippen LogP contribution >= 0.6 is 0 Å². The first kappa shape index (κ1) is 17.7. The van der Waals surface area contributed by atoms with Crippen LogP contribution in [-0.2, 0) is 4.74 Å². The van der Waals surface area contributed by atoms with E-state index in [4.69, 9.17) is 9.84 Å². The molecule has 0 amide bonds. The van der Waals surface area contributed by atoms with E-state index in [9.17, 15) is 14.7 Å². The van der Waals surface area contributed by atoms with Crippen LogP contribution in [0.25, 0.3) is 6.08 Å². The summed E-state index contributed by atoms with van der Waals surface area (Å²) in [6.45, 7) is 1.90. The number of rotatable bonds is 7. The zero-order valence-corrected chi connectivity index (χ0v) is 13.3. The highest BCUT2D eigenvalue weighted by molar-refractivity contribution is 5.46. The lowest BCUT2D eigenvalue weighted by Crippen LogP contribution is -2.36. The summed E-state index contributed by atoms with van der Waals surface area (Å²) in [6, 6.07) is 0. The summed E-state index contributed by atoms with van der Waals surface area (Å²) in [5.74, 6) is 0. The largest absolute Gasteiger partial charge is 0.394 e. The SMILES string of the molecule is CCCCC/C=C/c1cn(C2OC(CO)CC2O)c(=O)[nH]c1=O. The van der Waals surface area contributed by atoms with Gasteiger partial charge in [0.25, 0.3) is 5.56 Å². The number of aromatic amines is 1. The fourth-order valence-corrected chi connectivity index (χ4v) is 2.63. The smallest absolute Gasteiger partial charge is 0.330 e. The Bertz CT molecular complexity index is 649. The van der Waals surface area contributed by atoms with Crippen molar-refractivity contribution < 1.29 is 14.9 Å². The molecule has 2 rings (SSSR count). The summed E-state index contributed by atoms with van der Waals surface area (Å²) in [6.07, 6.45) is 7.07. The van der Waals surface area contributed by atoms with Crippen molar-refractivity contribution in [1.82, 2.24) is 9.55 Å². The van der Waals surface area contributed by atoms with Gasteiger partial charge in [-0.05, 0) is 12.8 Å². The Morgan fingerprint density at radius 2 is 2.22 bits per heavy atom. The van der Waals surface area contributed by atoms with Crippen molar-refractivity contribution in [2.24, 2.45) is 0 Å². The van der Waals surface area contributed by atoms with Gasteiger partial charge in [-0.1, -0.05) is 31.9 Å². The standard InChI is InChI=1S/C16H24N2O5/c1-2-3-4-5-6-7-11-9-18(16(22)17-14(11)21)15-13(20)8-12(10-19)23-15/h6-7,9,12-13,15,19-20H,2-5,8,10H2,1H3,(H,17,21,22)/b7-6+. The first-order valence-corrected chi connectivity index (χ1v) is 8.03. The quantitative estimate of drug-likeness (QED) is 0.643. The number of aliphatic hydroxyl groups excluding tert-OH is 2. The summed E-state index contributed by atoms with van der Waals surface area (Å²) >= 11 is 0. The van der Waals surface area contributed by atoms with E-state index in [1.807, 2.05) is 6.08 Å². The fourth-order valence-electron chi connectivity index (χ4n) is 2.63. The topological polar surface area (TPSA) is 105 Å².